The van der Waals surface area contributed by atoms with E-state index in [0.29, 0.717) is 30.2 Å². The molecule has 4 rings (SSSR count). The molecule has 0 unspecified atom stereocenters. The van der Waals surface area contributed by atoms with Crippen molar-refractivity contribution in [3.63, 3.8) is 0 Å². The second-order valence-corrected chi connectivity index (χ2v) is 8.79. The van der Waals surface area contributed by atoms with E-state index in [1.165, 1.54) is 4.31 Å². The van der Waals surface area contributed by atoms with Gasteiger partial charge in [-0.2, -0.15) is 4.31 Å². The van der Waals surface area contributed by atoms with Gasteiger partial charge in [0.2, 0.25) is 22.7 Å². The summed E-state index contributed by atoms with van der Waals surface area (Å²) in [7, 11) is -3.62. The summed E-state index contributed by atoms with van der Waals surface area (Å²) in [4.78, 5) is 12.8. The summed E-state index contributed by atoms with van der Waals surface area (Å²) in [5, 5.41) is 2.83. The van der Waals surface area contributed by atoms with Crippen LogP contribution in [-0.2, 0) is 14.8 Å². The molecule has 1 fully saturated rings. The lowest BCUT2D eigenvalue weighted by Crippen LogP contribution is -2.45. The third kappa shape index (κ3) is 3.83. The molecule has 2 heterocycles. The fourth-order valence-electron chi connectivity index (χ4n) is 3.62. The monoisotopic (exact) mass is 402 g/mol. The Morgan fingerprint density at radius 2 is 1.86 bits per heavy atom. The first-order valence-corrected chi connectivity index (χ1v) is 10.7. The molecule has 8 heteroatoms. The predicted molar refractivity (Wildman–Crippen MR) is 104 cm³/mol. The summed E-state index contributed by atoms with van der Waals surface area (Å²) < 4.78 is 38.1. The first-order valence-electron chi connectivity index (χ1n) is 9.30. The zero-order valence-corrected chi connectivity index (χ0v) is 16.2. The molecular weight excluding hydrogens is 380 g/mol. The number of hydrogen-bond donors (Lipinski definition) is 1. The molecule has 28 heavy (non-hydrogen) atoms. The Balaban J connectivity index is 1.47. The highest BCUT2D eigenvalue weighted by molar-refractivity contribution is 7.89. The van der Waals surface area contributed by atoms with Crippen LogP contribution in [0, 0.1) is 0 Å². The molecule has 1 saturated heterocycles. The SMILES string of the molecule is O=C(C[C@H]1CCCCN1S(=O)(=O)c1ccccc1)Nc1ccc2c(c1)OCO2. The van der Waals surface area contributed by atoms with E-state index in [2.05, 4.69) is 5.32 Å². The smallest absolute Gasteiger partial charge is 0.243 e. The molecule has 1 amide bonds. The van der Waals surface area contributed by atoms with Gasteiger partial charge in [0.25, 0.3) is 0 Å². The Morgan fingerprint density at radius 3 is 2.68 bits per heavy atom. The lowest BCUT2D eigenvalue weighted by atomic mass is 10.0. The van der Waals surface area contributed by atoms with Crippen LogP contribution in [0.1, 0.15) is 25.7 Å². The number of sulfonamides is 1. The van der Waals surface area contributed by atoms with Gasteiger partial charge in [0, 0.05) is 30.8 Å². The molecule has 0 aliphatic carbocycles. The highest BCUT2D eigenvalue weighted by Crippen LogP contribution is 2.34. The third-order valence-corrected chi connectivity index (χ3v) is 6.97. The van der Waals surface area contributed by atoms with Crippen molar-refractivity contribution in [1.82, 2.24) is 4.31 Å². The minimum Gasteiger partial charge on any atom is -0.454 e. The first kappa shape index (κ1) is 18.8. The second-order valence-electron chi connectivity index (χ2n) is 6.90. The Hall–Kier alpha value is -2.58. The number of fused-ring (bicyclic) bond motifs is 1. The van der Waals surface area contributed by atoms with Crippen molar-refractivity contribution >= 4 is 21.6 Å². The van der Waals surface area contributed by atoms with Crippen LogP contribution in [-0.4, -0.2) is 38.0 Å². The van der Waals surface area contributed by atoms with Gasteiger partial charge in [0.1, 0.15) is 0 Å². The summed E-state index contributed by atoms with van der Waals surface area (Å²) in [6.07, 6.45) is 2.48. The molecule has 0 aromatic heterocycles. The molecule has 0 spiro atoms. The Morgan fingerprint density at radius 1 is 1.07 bits per heavy atom. The van der Waals surface area contributed by atoms with E-state index >= 15 is 0 Å². The maximum atomic E-state index is 13.0. The van der Waals surface area contributed by atoms with Crippen LogP contribution in [0.5, 0.6) is 11.5 Å². The lowest BCUT2D eigenvalue weighted by molar-refractivity contribution is -0.117. The van der Waals surface area contributed by atoms with Gasteiger partial charge in [-0.1, -0.05) is 24.6 Å². The van der Waals surface area contributed by atoms with E-state index in [1.807, 2.05) is 0 Å². The molecule has 0 radical (unpaired) electrons. The van der Waals surface area contributed by atoms with Gasteiger partial charge in [0.15, 0.2) is 11.5 Å². The Labute approximate surface area is 164 Å². The van der Waals surface area contributed by atoms with Gasteiger partial charge in [-0.25, -0.2) is 8.42 Å². The molecule has 2 aliphatic heterocycles. The van der Waals surface area contributed by atoms with Crippen molar-refractivity contribution in [2.75, 3.05) is 18.7 Å². The number of nitrogens with zero attached hydrogens (tertiary/aromatic N) is 1. The summed E-state index contributed by atoms with van der Waals surface area (Å²) in [5.41, 5.74) is 0.600. The van der Waals surface area contributed by atoms with Crippen LogP contribution in [0.4, 0.5) is 5.69 Å². The van der Waals surface area contributed by atoms with Gasteiger partial charge in [-0.05, 0) is 37.1 Å². The number of rotatable bonds is 5. The minimum atomic E-state index is -3.62. The summed E-state index contributed by atoms with van der Waals surface area (Å²) in [6, 6.07) is 13.2. The normalized spacial score (nSPS) is 19.4. The molecule has 0 saturated carbocycles. The largest absolute Gasteiger partial charge is 0.454 e. The third-order valence-electron chi connectivity index (χ3n) is 5.00. The average Bonchev–Trinajstić information content (AvgIpc) is 3.17. The number of nitrogens with one attached hydrogen (secondary N) is 1. The van der Waals surface area contributed by atoms with Crippen LogP contribution in [0.2, 0.25) is 0 Å². The predicted octanol–water partition coefficient (Wildman–Crippen LogP) is 2.99. The Kier molecular flexibility index (Phi) is 5.23. The lowest BCUT2D eigenvalue weighted by Gasteiger charge is -2.34. The highest BCUT2D eigenvalue weighted by atomic mass is 32.2. The van der Waals surface area contributed by atoms with Crippen molar-refractivity contribution in [1.29, 1.82) is 0 Å². The maximum absolute atomic E-state index is 13.0. The van der Waals surface area contributed by atoms with Crippen LogP contribution in [0.25, 0.3) is 0 Å². The number of anilines is 1. The number of piperidine rings is 1. The number of carbonyl (C=O) groups is 1. The van der Waals surface area contributed by atoms with Crippen molar-refractivity contribution in [2.24, 2.45) is 0 Å². The molecular formula is C20H22N2O5S. The van der Waals surface area contributed by atoms with E-state index in [-0.39, 0.29) is 30.1 Å². The minimum absolute atomic E-state index is 0.112. The number of hydrogen-bond acceptors (Lipinski definition) is 5. The summed E-state index contributed by atoms with van der Waals surface area (Å²) in [5.74, 6) is 1.01. The van der Waals surface area contributed by atoms with Crippen LogP contribution in [0.15, 0.2) is 53.4 Å². The second kappa shape index (κ2) is 7.81. The highest BCUT2D eigenvalue weighted by Gasteiger charge is 2.34. The van der Waals surface area contributed by atoms with E-state index in [9.17, 15) is 13.2 Å². The molecule has 2 aliphatic rings. The van der Waals surface area contributed by atoms with E-state index in [4.69, 9.17) is 9.47 Å². The molecule has 2 aromatic rings. The quantitative estimate of drug-likeness (QED) is 0.831. The van der Waals surface area contributed by atoms with Crippen molar-refractivity contribution in [3.05, 3.63) is 48.5 Å². The topological polar surface area (TPSA) is 84.9 Å². The first-order chi connectivity index (χ1) is 13.5. The van der Waals surface area contributed by atoms with E-state index < -0.39 is 10.0 Å². The zero-order chi connectivity index (χ0) is 19.6. The van der Waals surface area contributed by atoms with Crippen LogP contribution in [0.3, 0.4) is 0 Å². The van der Waals surface area contributed by atoms with E-state index in [0.717, 1.165) is 12.8 Å². The molecule has 0 bridgehead atoms. The molecule has 148 valence electrons. The van der Waals surface area contributed by atoms with Gasteiger partial charge in [0.05, 0.1) is 4.90 Å². The fourth-order valence-corrected chi connectivity index (χ4v) is 5.34. The van der Waals surface area contributed by atoms with Gasteiger partial charge in [-0.15, -0.1) is 0 Å². The average molecular weight is 402 g/mol. The van der Waals surface area contributed by atoms with Crippen molar-refractivity contribution in [3.8, 4) is 11.5 Å². The van der Waals surface area contributed by atoms with E-state index in [1.54, 1.807) is 48.5 Å². The number of benzene rings is 2. The van der Waals surface area contributed by atoms with Crippen LogP contribution < -0.4 is 14.8 Å². The summed E-state index contributed by atoms with van der Waals surface area (Å²) >= 11 is 0. The van der Waals surface area contributed by atoms with Gasteiger partial charge < -0.3 is 14.8 Å². The number of ether oxygens (including phenoxy) is 2. The number of amides is 1. The van der Waals surface area contributed by atoms with Crippen molar-refractivity contribution < 1.29 is 22.7 Å². The van der Waals surface area contributed by atoms with Crippen LogP contribution >= 0.6 is 0 Å². The molecule has 7 nitrogen and oxygen atoms in total. The standard InChI is InChI=1S/C20H22N2O5S/c23-20(21-15-9-10-18-19(12-15)27-14-26-18)13-16-6-4-5-11-22(16)28(24,25)17-7-2-1-3-8-17/h1-3,7-10,12,16H,4-6,11,13-14H2,(H,21,23)/t16-/m1/s1. The summed E-state index contributed by atoms with van der Waals surface area (Å²) in [6.45, 7) is 0.598. The molecule has 1 N–H and O–H groups in total. The molecule has 1 atom stereocenters. The number of carbonyl (C=O) groups excluding carboxylic acids is 1. The van der Waals surface area contributed by atoms with Gasteiger partial charge in [-0.3, -0.25) is 4.79 Å². The fraction of sp³-hybridized carbons (Fsp3) is 0.350. The maximum Gasteiger partial charge on any atom is 0.243 e. The Bertz CT molecular complexity index is 962. The molecule has 2 aromatic carbocycles. The zero-order valence-electron chi connectivity index (χ0n) is 15.3. The van der Waals surface area contributed by atoms with Gasteiger partial charge >= 0.3 is 0 Å². The van der Waals surface area contributed by atoms with Crippen molar-refractivity contribution in [2.45, 2.75) is 36.6 Å².